The summed E-state index contributed by atoms with van der Waals surface area (Å²) in [5.74, 6) is -3.12. The maximum absolute atomic E-state index is 14.9. The number of nitrogens with zero attached hydrogens (tertiary/aromatic N) is 2. The van der Waals surface area contributed by atoms with Gasteiger partial charge < -0.3 is 29.7 Å². The lowest BCUT2D eigenvalue weighted by Crippen LogP contribution is -2.60. The Morgan fingerprint density at radius 2 is 1.86 bits per heavy atom. The van der Waals surface area contributed by atoms with Crippen molar-refractivity contribution in [1.29, 1.82) is 0 Å². The number of cyclic esters (lactones) is 1. The van der Waals surface area contributed by atoms with Gasteiger partial charge in [-0.25, -0.2) is 0 Å². The van der Waals surface area contributed by atoms with Crippen LogP contribution >= 0.6 is 15.9 Å². The number of aliphatic hydroxyl groups is 1. The van der Waals surface area contributed by atoms with Gasteiger partial charge in [-0.2, -0.15) is 0 Å². The molecular weight excluding hydrogens is 606 g/mol. The highest BCUT2D eigenvalue weighted by Crippen LogP contribution is 2.59. The van der Waals surface area contributed by atoms with Crippen molar-refractivity contribution in [2.24, 2.45) is 17.8 Å². The van der Waals surface area contributed by atoms with Crippen LogP contribution in [0.1, 0.15) is 72.1 Å². The van der Waals surface area contributed by atoms with Gasteiger partial charge >= 0.3 is 5.97 Å². The van der Waals surface area contributed by atoms with E-state index in [0.29, 0.717) is 23.9 Å². The predicted molar refractivity (Wildman–Crippen MR) is 158 cm³/mol. The van der Waals surface area contributed by atoms with Crippen molar-refractivity contribution in [2.75, 3.05) is 19.7 Å². The summed E-state index contributed by atoms with van der Waals surface area (Å²) in [4.78, 5) is 58.8. The molecule has 1 saturated carbocycles. The summed E-state index contributed by atoms with van der Waals surface area (Å²) in [7, 11) is 0. The second-order valence-corrected chi connectivity index (χ2v) is 13.8. The third-order valence-electron chi connectivity index (χ3n) is 9.43. The second kappa shape index (κ2) is 12.8. The first-order valence-electron chi connectivity index (χ1n) is 15.5. The molecule has 232 valence electrons. The van der Waals surface area contributed by atoms with Gasteiger partial charge in [-0.15, -0.1) is 0 Å². The molecule has 2 saturated heterocycles. The molecule has 5 bridgehead atoms. The minimum atomic E-state index is -1.37. The number of rotatable bonds is 5. The van der Waals surface area contributed by atoms with E-state index in [1.165, 1.54) is 4.90 Å². The Morgan fingerprint density at radius 1 is 1.12 bits per heavy atom. The summed E-state index contributed by atoms with van der Waals surface area (Å²) in [5, 5.41) is 13.4. The van der Waals surface area contributed by atoms with Crippen molar-refractivity contribution in [3.63, 3.8) is 0 Å². The number of halogens is 1. The SMILES string of the molecule is CC(C)C[C@H](CO)N1C(=O)[C@@H]2[C@H]3C(=O)O[C@@H](C)CNC(=O)CC/C=C\CN(C4CCCCC4)C(=O)[C@@H]1[C@]21C=C(Br)[C@H]3O1. The van der Waals surface area contributed by atoms with Gasteiger partial charge in [0.2, 0.25) is 17.7 Å². The molecule has 3 fully saturated rings. The molecular formula is C31H44BrN3O7. The summed E-state index contributed by atoms with van der Waals surface area (Å²) in [6, 6.07) is -1.65. The monoisotopic (exact) mass is 649 g/mol. The zero-order valence-corrected chi connectivity index (χ0v) is 26.4. The van der Waals surface area contributed by atoms with Gasteiger partial charge in [-0.1, -0.05) is 61.2 Å². The quantitative estimate of drug-likeness (QED) is 0.347. The van der Waals surface area contributed by atoms with E-state index in [2.05, 4.69) is 21.2 Å². The van der Waals surface area contributed by atoms with Crippen LogP contribution in [-0.4, -0.2) is 94.2 Å². The van der Waals surface area contributed by atoms with Gasteiger partial charge in [0.25, 0.3) is 0 Å². The summed E-state index contributed by atoms with van der Waals surface area (Å²) >= 11 is 3.58. The molecule has 10 nitrogen and oxygen atoms in total. The normalized spacial score (nSPS) is 36.1. The first-order valence-corrected chi connectivity index (χ1v) is 16.3. The Hall–Kier alpha value is -2.24. The number of hydrogen-bond acceptors (Lipinski definition) is 7. The molecule has 0 aromatic rings. The van der Waals surface area contributed by atoms with Crippen LogP contribution in [-0.2, 0) is 28.7 Å². The molecule has 0 unspecified atom stereocenters. The van der Waals surface area contributed by atoms with Gasteiger partial charge in [0.15, 0.2) is 0 Å². The number of nitrogens with one attached hydrogen (secondary N) is 1. The highest BCUT2D eigenvalue weighted by atomic mass is 79.9. The van der Waals surface area contributed by atoms with Gasteiger partial charge in [-0.3, -0.25) is 19.2 Å². The molecule has 0 radical (unpaired) electrons. The van der Waals surface area contributed by atoms with Crippen LogP contribution < -0.4 is 5.32 Å². The molecule has 7 atom stereocenters. The van der Waals surface area contributed by atoms with Crippen molar-refractivity contribution < 1.29 is 33.8 Å². The van der Waals surface area contributed by atoms with Crippen LogP contribution in [0.3, 0.4) is 0 Å². The fraction of sp³-hybridized carbons (Fsp3) is 0.742. The van der Waals surface area contributed by atoms with E-state index < -0.39 is 47.7 Å². The largest absolute Gasteiger partial charge is 0.460 e. The lowest BCUT2D eigenvalue weighted by molar-refractivity contribution is -0.159. The Morgan fingerprint density at radius 3 is 2.55 bits per heavy atom. The topological polar surface area (TPSA) is 125 Å². The number of aliphatic hydroxyl groups excluding tert-OH is 1. The number of likely N-dealkylation sites (tertiary alicyclic amines) is 1. The molecule has 3 amide bonds. The van der Waals surface area contributed by atoms with E-state index in [9.17, 15) is 24.3 Å². The molecule has 4 aliphatic heterocycles. The maximum atomic E-state index is 14.9. The smallest absolute Gasteiger partial charge is 0.313 e. The minimum Gasteiger partial charge on any atom is -0.460 e. The van der Waals surface area contributed by atoms with Crippen LogP contribution in [0.25, 0.3) is 0 Å². The van der Waals surface area contributed by atoms with Crippen LogP contribution in [0, 0.1) is 17.8 Å². The number of carbonyl (C=O) groups excluding carboxylic acids is 4. The Balaban J connectivity index is 1.62. The molecule has 4 heterocycles. The molecule has 0 aromatic carbocycles. The highest BCUT2D eigenvalue weighted by Gasteiger charge is 2.75. The first kappa shape index (κ1) is 31.2. The molecule has 5 aliphatic rings. The Labute approximate surface area is 256 Å². The van der Waals surface area contributed by atoms with Crippen LogP contribution in [0.15, 0.2) is 22.7 Å². The number of hydrogen-bond donors (Lipinski definition) is 2. The van der Waals surface area contributed by atoms with Gasteiger partial charge in [0, 0.05) is 23.5 Å². The zero-order chi connectivity index (χ0) is 30.2. The van der Waals surface area contributed by atoms with Crippen molar-refractivity contribution in [3.05, 3.63) is 22.7 Å². The van der Waals surface area contributed by atoms with Gasteiger partial charge in [-0.05, 0) is 44.6 Å². The molecule has 42 heavy (non-hydrogen) atoms. The van der Waals surface area contributed by atoms with Crippen molar-refractivity contribution in [1.82, 2.24) is 15.1 Å². The van der Waals surface area contributed by atoms with Gasteiger partial charge in [0.05, 0.1) is 25.1 Å². The Bertz CT molecular complexity index is 1140. The Kier molecular flexibility index (Phi) is 9.49. The molecule has 2 N–H and O–H groups in total. The van der Waals surface area contributed by atoms with E-state index in [1.54, 1.807) is 6.92 Å². The number of amides is 3. The molecule has 0 aromatic heterocycles. The fourth-order valence-corrected chi connectivity index (χ4v) is 8.31. The number of allylic oxidation sites excluding steroid dienone is 1. The van der Waals surface area contributed by atoms with E-state index in [1.807, 2.05) is 37.0 Å². The van der Waals surface area contributed by atoms with E-state index in [-0.39, 0.29) is 49.3 Å². The number of fused-ring (bicyclic) bond motifs is 2. The number of esters is 1. The lowest BCUT2D eigenvalue weighted by Gasteiger charge is -2.42. The second-order valence-electron chi connectivity index (χ2n) is 12.9. The predicted octanol–water partition coefficient (Wildman–Crippen LogP) is 2.83. The highest BCUT2D eigenvalue weighted by molar-refractivity contribution is 9.11. The van der Waals surface area contributed by atoms with Crippen LogP contribution in [0.5, 0.6) is 0 Å². The van der Waals surface area contributed by atoms with Crippen molar-refractivity contribution in [3.8, 4) is 0 Å². The van der Waals surface area contributed by atoms with E-state index in [4.69, 9.17) is 9.47 Å². The van der Waals surface area contributed by atoms with Crippen molar-refractivity contribution >= 4 is 39.6 Å². The van der Waals surface area contributed by atoms with Crippen LogP contribution in [0.4, 0.5) is 0 Å². The summed E-state index contributed by atoms with van der Waals surface area (Å²) in [6.07, 6.45) is 10.5. The number of ether oxygens (including phenoxy) is 2. The lowest BCUT2D eigenvalue weighted by atomic mass is 9.74. The average Bonchev–Trinajstić information content (AvgIpc) is 3.55. The molecule has 1 spiro atoms. The van der Waals surface area contributed by atoms with Gasteiger partial charge in [0.1, 0.15) is 29.8 Å². The molecule has 11 heteroatoms. The minimum absolute atomic E-state index is 0.000931. The zero-order valence-electron chi connectivity index (χ0n) is 24.8. The van der Waals surface area contributed by atoms with Crippen molar-refractivity contribution in [2.45, 2.75) is 108 Å². The third-order valence-corrected chi connectivity index (χ3v) is 10.1. The summed E-state index contributed by atoms with van der Waals surface area (Å²) < 4.78 is 13.0. The maximum Gasteiger partial charge on any atom is 0.313 e. The summed E-state index contributed by atoms with van der Waals surface area (Å²) in [6.45, 7) is 5.91. The number of carbonyl (C=O) groups is 4. The third kappa shape index (κ3) is 5.68. The van der Waals surface area contributed by atoms with E-state index >= 15 is 0 Å². The fourth-order valence-electron chi connectivity index (χ4n) is 7.57. The molecule has 1 aliphatic carbocycles. The average molecular weight is 651 g/mol. The summed E-state index contributed by atoms with van der Waals surface area (Å²) in [5.41, 5.74) is -1.37. The molecule has 5 rings (SSSR count). The standard InChI is InChI=1S/C31H44BrN3O7/c1-18(2)14-21(17-36)35-27-29(39)34(20-10-6-4-7-11-20)13-9-5-8-12-23(37)33-16-19(3)41-30(40)24-25(28(35)38)31(27)15-22(32)26(24)42-31/h5,9,15,18-21,24-27,36H,4,6-8,10-14,16-17H2,1-3H3,(H,33,37)/b9-5-/t19-,21+,24+,25-,26+,27+,31-/m0/s1. The van der Waals surface area contributed by atoms with Crippen LogP contribution in [0.2, 0.25) is 0 Å². The van der Waals surface area contributed by atoms with E-state index in [0.717, 1.165) is 32.1 Å². The first-order chi connectivity index (χ1) is 20.1.